The Morgan fingerprint density at radius 2 is 2.00 bits per heavy atom. The van der Waals surface area contributed by atoms with Crippen molar-refractivity contribution >= 4 is 11.6 Å². The number of allylic oxidation sites excluding steroid dienone is 1. The third kappa shape index (κ3) is 3.41. The lowest BCUT2D eigenvalue weighted by Crippen LogP contribution is -2.44. The maximum Gasteiger partial charge on any atom is 0.444 e. The van der Waals surface area contributed by atoms with Crippen molar-refractivity contribution in [1.82, 2.24) is 0 Å². The standard InChI is InChI=1S/C17H16ClF3O/c1-11(2)22-16(17(19,20)21,9-8-13-5-6-13)15-10-14(18)7-4-12(15)3/h4,7,10,13H,1,5-6H2,2-3H3. The van der Waals surface area contributed by atoms with Crippen LogP contribution in [0.5, 0.6) is 0 Å². The van der Waals surface area contributed by atoms with Gasteiger partial charge in [-0.25, -0.2) is 0 Å². The molecule has 1 aliphatic carbocycles. The summed E-state index contributed by atoms with van der Waals surface area (Å²) in [6, 6.07) is 4.32. The molecule has 22 heavy (non-hydrogen) atoms. The third-order valence-corrected chi connectivity index (χ3v) is 3.57. The summed E-state index contributed by atoms with van der Waals surface area (Å²) in [7, 11) is 0. The van der Waals surface area contributed by atoms with Crippen molar-refractivity contribution in [2.45, 2.75) is 38.5 Å². The molecule has 0 N–H and O–H groups in total. The van der Waals surface area contributed by atoms with E-state index in [9.17, 15) is 13.2 Å². The fourth-order valence-electron chi connectivity index (χ4n) is 2.10. The van der Waals surface area contributed by atoms with Crippen molar-refractivity contribution in [3.05, 3.63) is 46.7 Å². The van der Waals surface area contributed by atoms with E-state index in [0.717, 1.165) is 12.8 Å². The number of halogens is 4. The van der Waals surface area contributed by atoms with Crippen LogP contribution >= 0.6 is 11.6 Å². The largest absolute Gasteiger partial charge is 0.466 e. The predicted octanol–water partition coefficient (Wildman–Crippen LogP) is 5.37. The van der Waals surface area contributed by atoms with Gasteiger partial charge >= 0.3 is 6.18 Å². The molecule has 0 bridgehead atoms. The first kappa shape index (κ1) is 16.8. The Morgan fingerprint density at radius 3 is 2.50 bits per heavy atom. The van der Waals surface area contributed by atoms with E-state index in [1.54, 1.807) is 6.92 Å². The average Bonchev–Trinajstić information content (AvgIpc) is 3.19. The zero-order valence-corrected chi connectivity index (χ0v) is 13.1. The molecule has 1 aliphatic rings. The van der Waals surface area contributed by atoms with Crippen LogP contribution in [0.25, 0.3) is 0 Å². The number of alkyl halides is 3. The molecule has 0 saturated heterocycles. The molecule has 118 valence electrons. The van der Waals surface area contributed by atoms with Gasteiger partial charge in [0.25, 0.3) is 5.60 Å². The van der Waals surface area contributed by atoms with E-state index >= 15 is 0 Å². The molecule has 1 atom stereocenters. The van der Waals surface area contributed by atoms with Gasteiger partial charge in [0.2, 0.25) is 0 Å². The first-order valence-corrected chi connectivity index (χ1v) is 7.24. The van der Waals surface area contributed by atoms with Crippen LogP contribution in [-0.2, 0) is 10.3 Å². The van der Waals surface area contributed by atoms with Crippen LogP contribution in [0.3, 0.4) is 0 Å². The minimum Gasteiger partial charge on any atom is -0.466 e. The van der Waals surface area contributed by atoms with Crippen LogP contribution in [0.1, 0.15) is 30.9 Å². The van der Waals surface area contributed by atoms with Crippen molar-refractivity contribution in [2.24, 2.45) is 5.92 Å². The third-order valence-electron chi connectivity index (χ3n) is 3.34. The second kappa shape index (κ2) is 5.89. The Labute approximate surface area is 133 Å². The predicted molar refractivity (Wildman–Crippen MR) is 80.3 cm³/mol. The minimum atomic E-state index is -4.72. The highest BCUT2D eigenvalue weighted by Gasteiger charge is 2.59. The number of rotatable bonds is 3. The molecular weight excluding hydrogens is 313 g/mol. The molecule has 2 rings (SSSR count). The molecule has 1 aromatic carbocycles. The molecule has 0 spiro atoms. The first-order valence-electron chi connectivity index (χ1n) is 6.86. The van der Waals surface area contributed by atoms with Crippen molar-refractivity contribution in [3.8, 4) is 11.8 Å². The van der Waals surface area contributed by atoms with E-state index in [4.69, 9.17) is 16.3 Å². The van der Waals surface area contributed by atoms with E-state index < -0.39 is 11.8 Å². The Hall–Kier alpha value is -1.60. The van der Waals surface area contributed by atoms with Gasteiger partial charge in [-0.15, -0.1) is 0 Å². The SMILES string of the molecule is C=C(C)OC(C#CC1CC1)(c1cc(Cl)ccc1C)C(F)(F)F. The lowest BCUT2D eigenvalue weighted by atomic mass is 9.89. The van der Waals surface area contributed by atoms with Gasteiger partial charge in [0, 0.05) is 16.5 Å². The van der Waals surface area contributed by atoms with Crippen LogP contribution in [0, 0.1) is 24.7 Å². The zero-order valence-electron chi connectivity index (χ0n) is 12.4. The smallest absolute Gasteiger partial charge is 0.444 e. The number of hydrogen-bond donors (Lipinski definition) is 0. The average molecular weight is 329 g/mol. The van der Waals surface area contributed by atoms with E-state index in [2.05, 4.69) is 18.4 Å². The molecule has 1 unspecified atom stereocenters. The Morgan fingerprint density at radius 1 is 1.36 bits per heavy atom. The molecule has 1 aromatic rings. The number of aryl methyl sites for hydroxylation is 1. The normalized spacial score (nSPS) is 17.2. The quantitative estimate of drug-likeness (QED) is 0.535. The van der Waals surface area contributed by atoms with Crippen molar-refractivity contribution in [3.63, 3.8) is 0 Å². The lowest BCUT2D eigenvalue weighted by Gasteiger charge is -2.33. The molecule has 0 aliphatic heterocycles. The van der Waals surface area contributed by atoms with Crippen molar-refractivity contribution < 1.29 is 17.9 Å². The highest BCUT2D eigenvalue weighted by atomic mass is 35.5. The zero-order chi connectivity index (χ0) is 16.5. The number of benzene rings is 1. The molecule has 0 heterocycles. The van der Waals surface area contributed by atoms with Crippen LogP contribution in [0.15, 0.2) is 30.5 Å². The van der Waals surface area contributed by atoms with Gasteiger partial charge in [0.15, 0.2) is 0 Å². The van der Waals surface area contributed by atoms with Gasteiger partial charge in [-0.2, -0.15) is 13.2 Å². The topological polar surface area (TPSA) is 9.23 Å². The summed E-state index contributed by atoms with van der Waals surface area (Å²) in [5.74, 6) is 4.96. The summed E-state index contributed by atoms with van der Waals surface area (Å²) < 4.78 is 46.8. The van der Waals surface area contributed by atoms with E-state index in [0.29, 0.717) is 5.56 Å². The van der Waals surface area contributed by atoms with Gasteiger partial charge in [0.1, 0.15) is 0 Å². The second-order valence-corrected chi connectivity index (χ2v) is 5.92. The summed E-state index contributed by atoms with van der Waals surface area (Å²) in [6.07, 6.45) is -3.08. The minimum absolute atomic E-state index is 0.00920. The molecule has 0 radical (unpaired) electrons. The Kier molecular flexibility index (Phi) is 4.49. The molecular formula is C17H16ClF3O. The van der Waals surface area contributed by atoms with E-state index in [1.165, 1.54) is 25.1 Å². The fraction of sp³-hybridized carbons (Fsp3) is 0.412. The number of hydrogen-bond acceptors (Lipinski definition) is 1. The molecule has 1 nitrogen and oxygen atoms in total. The van der Waals surface area contributed by atoms with Gasteiger partial charge in [-0.05, 0) is 50.3 Å². The molecule has 0 amide bonds. The summed E-state index contributed by atoms with van der Waals surface area (Å²) in [4.78, 5) is 0. The highest BCUT2D eigenvalue weighted by molar-refractivity contribution is 6.30. The Bertz CT molecular complexity index is 650. The maximum absolute atomic E-state index is 13.9. The highest BCUT2D eigenvalue weighted by Crippen LogP contribution is 2.45. The first-order chi connectivity index (χ1) is 10.2. The summed E-state index contributed by atoms with van der Waals surface area (Å²) in [6.45, 7) is 6.40. The molecule has 5 heteroatoms. The van der Waals surface area contributed by atoms with Crippen LogP contribution in [0.2, 0.25) is 5.02 Å². The van der Waals surface area contributed by atoms with E-state index in [1.807, 2.05) is 0 Å². The fourth-order valence-corrected chi connectivity index (χ4v) is 2.27. The summed E-state index contributed by atoms with van der Waals surface area (Å²) in [5.41, 5.74) is -2.42. The summed E-state index contributed by atoms with van der Waals surface area (Å²) in [5, 5.41) is 0.202. The van der Waals surface area contributed by atoms with Crippen molar-refractivity contribution in [2.75, 3.05) is 0 Å². The second-order valence-electron chi connectivity index (χ2n) is 5.49. The molecule has 1 saturated carbocycles. The van der Waals surface area contributed by atoms with Gasteiger partial charge in [0.05, 0.1) is 5.76 Å². The van der Waals surface area contributed by atoms with Crippen LogP contribution in [-0.4, -0.2) is 6.18 Å². The van der Waals surface area contributed by atoms with E-state index in [-0.39, 0.29) is 22.3 Å². The monoisotopic (exact) mass is 328 g/mol. The van der Waals surface area contributed by atoms with Crippen LogP contribution < -0.4 is 0 Å². The van der Waals surface area contributed by atoms with Crippen LogP contribution in [0.4, 0.5) is 13.2 Å². The summed E-state index contributed by atoms with van der Waals surface area (Å²) >= 11 is 5.89. The van der Waals surface area contributed by atoms with Gasteiger partial charge in [-0.3, -0.25) is 0 Å². The lowest BCUT2D eigenvalue weighted by molar-refractivity contribution is -0.247. The van der Waals surface area contributed by atoms with Gasteiger partial charge in [-0.1, -0.05) is 30.2 Å². The van der Waals surface area contributed by atoms with Gasteiger partial charge < -0.3 is 4.74 Å². The van der Waals surface area contributed by atoms with Crippen molar-refractivity contribution in [1.29, 1.82) is 0 Å². The molecule has 1 fully saturated rings. The Balaban J connectivity index is 2.68. The maximum atomic E-state index is 13.9. The molecule has 0 aromatic heterocycles. The number of ether oxygens (including phenoxy) is 1.